The van der Waals surface area contributed by atoms with Gasteiger partial charge in [0.25, 0.3) is 0 Å². The maximum atomic E-state index is 5.89. The number of nitrogens with zero attached hydrogens (tertiary/aromatic N) is 1. The van der Waals surface area contributed by atoms with E-state index in [1.807, 2.05) is 13.8 Å². The lowest BCUT2D eigenvalue weighted by Gasteiger charge is -2.27. The SMILES string of the molecule is CCOCCN(CCOCC)CC(CN)CC(C)C. The van der Waals surface area contributed by atoms with Crippen LogP contribution in [0.2, 0.25) is 0 Å². The molecule has 0 radical (unpaired) electrons. The smallest absolute Gasteiger partial charge is 0.0593 e. The molecule has 0 spiro atoms. The van der Waals surface area contributed by atoms with E-state index in [0.717, 1.165) is 52.6 Å². The number of hydrogen-bond donors (Lipinski definition) is 1. The third kappa shape index (κ3) is 11.4. The summed E-state index contributed by atoms with van der Waals surface area (Å²) < 4.78 is 10.9. The monoisotopic (exact) mass is 274 g/mol. The largest absolute Gasteiger partial charge is 0.380 e. The Hall–Kier alpha value is -0.160. The van der Waals surface area contributed by atoms with Crippen LogP contribution in [0.25, 0.3) is 0 Å². The first-order valence-corrected chi connectivity index (χ1v) is 7.71. The molecule has 0 saturated carbocycles. The Balaban J connectivity index is 4.11. The van der Waals surface area contributed by atoms with Crippen molar-refractivity contribution in [2.45, 2.75) is 34.1 Å². The van der Waals surface area contributed by atoms with Crippen molar-refractivity contribution < 1.29 is 9.47 Å². The van der Waals surface area contributed by atoms with E-state index in [1.165, 1.54) is 6.42 Å². The van der Waals surface area contributed by atoms with Crippen molar-refractivity contribution in [3.8, 4) is 0 Å². The lowest BCUT2D eigenvalue weighted by Crippen LogP contribution is -2.38. The molecular formula is C15H34N2O2. The Labute approximate surface area is 119 Å². The zero-order valence-corrected chi connectivity index (χ0v) is 13.4. The van der Waals surface area contributed by atoms with Gasteiger partial charge in [-0.1, -0.05) is 13.8 Å². The first kappa shape index (κ1) is 18.8. The van der Waals surface area contributed by atoms with E-state index < -0.39 is 0 Å². The molecule has 0 bridgehead atoms. The number of ether oxygens (including phenoxy) is 2. The third-order valence-corrected chi connectivity index (χ3v) is 3.17. The average molecular weight is 274 g/mol. The van der Waals surface area contributed by atoms with Gasteiger partial charge in [-0.05, 0) is 38.6 Å². The van der Waals surface area contributed by atoms with E-state index in [0.29, 0.717) is 11.8 Å². The van der Waals surface area contributed by atoms with Crippen LogP contribution in [0.1, 0.15) is 34.1 Å². The van der Waals surface area contributed by atoms with E-state index >= 15 is 0 Å². The molecule has 0 aliphatic rings. The molecule has 0 aliphatic carbocycles. The van der Waals surface area contributed by atoms with Gasteiger partial charge in [0.2, 0.25) is 0 Å². The quantitative estimate of drug-likeness (QED) is 0.522. The summed E-state index contributed by atoms with van der Waals surface area (Å²) in [6, 6.07) is 0. The fourth-order valence-corrected chi connectivity index (χ4v) is 2.25. The summed E-state index contributed by atoms with van der Waals surface area (Å²) in [7, 11) is 0. The van der Waals surface area contributed by atoms with Crippen molar-refractivity contribution in [3.63, 3.8) is 0 Å². The summed E-state index contributed by atoms with van der Waals surface area (Å²) in [4.78, 5) is 2.42. The number of rotatable bonds is 13. The minimum atomic E-state index is 0.572. The zero-order valence-electron chi connectivity index (χ0n) is 13.4. The van der Waals surface area contributed by atoms with Crippen LogP contribution in [0.3, 0.4) is 0 Å². The molecule has 0 aromatic carbocycles. The fourth-order valence-electron chi connectivity index (χ4n) is 2.25. The number of hydrogen-bond acceptors (Lipinski definition) is 4. The van der Waals surface area contributed by atoms with Gasteiger partial charge in [0.1, 0.15) is 0 Å². The second-order valence-corrected chi connectivity index (χ2v) is 5.43. The fraction of sp³-hybridized carbons (Fsp3) is 1.00. The van der Waals surface area contributed by atoms with Crippen molar-refractivity contribution in [2.24, 2.45) is 17.6 Å². The van der Waals surface area contributed by atoms with Gasteiger partial charge < -0.3 is 15.2 Å². The minimum Gasteiger partial charge on any atom is -0.380 e. The summed E-state index contributed by atoms with van der Waals surface area (Å²) in [5, 5.41) is 0. The first-order valence-electron chi connectivity index (χ1n) is 7.71. The summed E-state index contributed by atoms with van der Waals surface area (Å²) >= 11 is 0. The van der Waals surface area contributed by atoms with Crippen molar-refractivity contribution in [2.75, 3.05) is 52.6 Å². The predicted octanol–water partition coefficient (Wildman–Crippen LogP) is 1.98. The highest BCUT2D eigenvalue weighted by Gasteiger charge is 2.14. The van der Waals surface area contributed by atoms with Crippen LogP contribution >= 0.6 is 0 Å². The zero-order chi connectivity index (χ0) is 14.5. The molecule has 0 fully saturated rings. The Morgan fingerprint density at radius 2 is 1.53 bits per heavy atom. The summed E-state index contributed by atoms with van der Waals surface area (Å²) in [6.07, 6.45) is 1.19. The molecule has 116 valence electrons. The topological polar surface area (TPSA) is 47.7 Å². The van der Waals surface area contributed by atoms with Gasteiger partial charge in [0.05, 0.1) is 13.2 Å². The van der Waals surface area contributed by atoms with Crippen molar-refractivity contribution in [3.05, 3.63) is 0 Å². The molecule has 1 atom stereocenters. The van der Waals surface area contributed by atoms with Gasteiger partial charge in [-0.2, -0.15) is 0 Å². The van der Waals surface area contributed by atoms with E-state index in [9.17, 15) is 0 Å². The summed E-state index contributed by atoms with van der Waals surface area (Å²) in [5.41, 5.74) is 5.89. The molecule has 0 amide bonds. The Morgan fingerprint density at radius 3 is 1.89 bits per heavy atom. The molecular weight excluding hydrogens is 240 g/mol. The van der Waals surface area contributed by atoms with Crippen LogP contribution in [-0.4, -0.2) is 57.5 Å². The van der Waals surface area contributed by atoms with Gasteiger partial charge in [-0.15, -0.1) is 0 Å². The highest BCUT2D eigenvalue weighted by molar-refractivity contribution is 4.68. The molecule has 0 aromatic rings. The van der Waals surface area contributed by atoms with Crippen LogP contribution in [0, 0.1) is 11.8 Å². The van der Waals surface area contributed by atoms with E-state index in [2.05, 4.69) is 18.7 Å². The molecule has 0 rings (SSSR count). The van der Waals surface area contributed by atoms with Crippen LogP contribution in [0.4, 0.5) is 0 Å². The maximum absolute atomic E-state index is 5.89. The molecule has 0 aliphatic heterocycles. The van der Waals surface area contributed by atoms with Gasteiger partial charge in [-0.3, -0.25) is 4.90 Å². The van der Waals surface area contributed by atoms with Crippen molar-refractivity contribution in [1.29, 1.82) is 0 Å². The predicted molar refractivity (Wildman–Crippen MR) is 81.4 cm³/mol. The Kier molecular flexibility index (Phi) is 12.7. The lowest BCUT2D eigenvalue weighted by molar-refractivity contribution is 0.0745. The van der Waals surface area contributed by atoms with Gasteiger partial charge in [0.15, 0.2) is 0 Å². The molecule has 19 heavy (non-hydrogen) atoms. The van der Waals surface area contributed by atoms with Gasteiger partial charge in [-0.25, -0.2) is 0 Å². The lowest BCUT2D eigenvalue weighted by atomic mass is 9.96. The van der Waals surface area contributed by atoms with Crippen LogP contribution in [-0.2, 0) is 9.47 Å². The highest BCUT2D eigenvalue weighted by Crippen LogP contribution is 2.12. The first-order chi connectivity index (χ1) is 9.13. The molecule has 1 unspecified atom stereocenters. The van der Waals surface area contributed by atoms with Crippen molar-refractivity contribution in [1.82, 2.24) is 4.90 Å². The minimum absolute atomic E-state index is 0.572. The highest BCUT2D eigenvalue weighted by atomic mass is 16.5. The third-order valence-electron chi connectivity index (χ3n) is 3.17. The Morgan fingerprint density at radius 1 is 1.00 bits per heavy atom. The second kappa shape index (κ2) is 12.9. The van der Waals surface area contributed by atoms with Crippen molar-refractivity contribution >= 4 is 0 Å². The Bertz CT molecular complexity index is 179. The maximum Gasteiger partial charge on any atom is 0.0593 e. The molecule has 4 heteroatoms. The summed E-state index contributed by atoms with van der Waals surface area (Å²) in [6.45, 7) is 15.5. The molecule has 2 N–H and O–H groups in total. The average Bonchev–Trinajstić information content (AvgIpc) is 2.37. The van der Waals surface area contributed by atoms with Gasteiger partial charge in [0, 0.05) is 32.8 Å². The summed E-state index contributed by atoms with van der Waals surface area (Å²) in [5.74, 6) is 1.28. The van der Waals surface area contributed by atoms with Crippen LogP contribution < -0.4 is 5.73 Å². The number of nitrogens with two attached hydrogens (primary N) is 1. The van der Waals surface area contributed by atoms with E-state index in [1.54, 1.807) is 0 Å². The standard InChI is InChI=1S/C15H34N2O2/c1-5-18-9-7-17(8-10-19-6-2)13-15(12-16)11-14(3)4/h14-15H,5-13,16H2,1-4H3. The van der Waals surface area contributed by atoms with Crippen LogP contribution in [0.5, 0.6) is 0 Å². The normalized spacial score (nSPS) is 13.4. The molecule has 4 nitrogen and oxygen atoms in total. The second-order valence-electron chi connectivity index (χ2n) is 5.43. The van der Waals surface area contributed by atoms with Crippen LogP contribution in [0.15, 0.2) is 0 Å². The van der Waals surface area contributed by atoms with E-state index in [4.69, 9.17) is 15.2 Å². The molecule has 0 saturated heterocycles. The molecule has 0 aromatic heterocycles. The molecule has 0 heterocycles. The van der Waals surface area contributed by atoms with Gasteiger partial charge >= 0.3 is 0 Å². The van der Waals surface area contributed by atoms with E-state index in [-0.39, 0.29) is 0 Å².